The Labute approximate surface area is 104 Å². The zero-order valence-electron chi connectivity index (χ0n) is 9.46. The number of halogens is 1. The predicted octanol–water partition coefficient (Wildman–Crippen LogP) is 2.39. The van der Waals surface area contributed by atoms with Gasteiger partial charge < -0.3 is 10.6 Å². The van der Waals surface area contributed by atoms with Gasteiger partial charge in [-0.3, -0.25) is 4.79 Å². The minimum absolute atomic E-state index is 0.141. The summed E-state index contributed by atoms with van der Waals surface area (Å²) in [7, 11) is 0. The molecule has 2 N–H and O–H groups in total. The molecule has 4 heteroatoms. The fourth-order valence-electron chi connectivity index (χ4n) is 2.06. The molecule has 0 radical (unpaired) electrons. The van der Waals surface area contributed by atoms with E-state index in [1.807, 2.05) is 26.0 Å². The van der Waals surface area contributed by atoms with Crippen molar-refractivity contribution in [1.29, 1.82) is 0 Å². The van der Waals surface area contributed by atoms with Gasteiger partial charge in [0, 0.05) is 17.8 Å². The normalized spacial score (nSPS) is 20.6. The number of hydrogen-bond donors (Lipinski definition) is 1. The fraction of sp³-hybridized carbons (Fsp3) is 0.417. The lowest BCUT2D eigenvalue weighted by molar-refractivity contribution is -0.117. The summed E-state index contributed by atoms with van der Waals surface area (Å²) in [6.07, 6.45) is 0.548. The second-order valence-electron chi connectivity index (χ2n) is 4.25. The molecule has 1 aliphatic heterocycles. The molecule has 1 heterocycles. The first kappa shape index (κ1) is 11.5. The maximum Gasteiger partial charge on any atom is 0.228 e. The van der Waals surface area contributed by atoms with Crippen molar-refractivity contribution in [2.45, 2.75) is 25.1 Å². The van der Waals surface area contributed by atoms with Crippen LogP contribution in [0, 0.1) is 13.8 Å². The Hall–Kier alpha value is -1.03. The van der Waals surface area contributed by atoms with Gasteiger partial charge in [-0.2, -0.15) is 0 Å². The Balaban J connectivity index is 2.48. The highest BCUT2D eigenvalue weighted by Gasteiger charge is 2.30. The van der Waals surface area contributed by atoms with Crippen molar-refractivity contribution in [1.82, 2.24) is 0 Å². The molecule has 1 saturated heterocycles. The molecule has 0 saturated carbocycles. The van der Waals surface area contributed by atoms with Crippen molar-refractivity contribution in [3.63, 3.8) is 0 Å². The Morgan fingerprint density at radius 1 is 1.44 bits per heavy atom. The van der Waals surface area contributed by atoms with Crippen LogP contribution in [0.4, 0.5) is 11.4 Å². The first-order valence-electron chi connectivity index (χ1n) is 5.31. The van der Waals surface area contributed by atoms with Crippen LogP contribution in [0.25, 0.3) is 0 Å². The summed E-state index contributed by atoms with van der Waals surface area (Å²) in [5, 5.41) is 0. The molecule has 0 aromatic heterocycles. The van der Waals surface area contributed by atoms with E-state index in [-0.39, 0.29) is 10.7 Å². The molecule has 16 heavy (non-hydrogen) atoms. The monoisotopic (exact) mass is 282 g/mol. The largest absolute Gasteiger partial charge is 0.397 e. The molecule has 0 aliphatic carbocycles. The molecular weight excluding hydrogens is 268 g/mol. The van der Waals surface area contributed by atoms with E-state index in [4.69, 9.17) is 5.73 Å². The third-order valence-electron chi connectivity index (χ3n) is 3.08. The molecule has 1 aromatic carbocycles. The van der Waals surface area contributed by atoms with Crippen molar-refractivity contribution in [2.24, 2.45) is 0 Å². The predicted molar refractivity (Wildman–Crippen MR) is 70.0 cm³/mol. The van der Waals surface area contributed by atoms with Gasteiger partial charge in [0.15, 0.2) is 0 Å². The van der Waals surface area contributed by atoms with Crippen LogP contribution < -0.4 is 10.6 Å². The number of hydrogen-bond acceptors (Lipinski definition) is 2. The molecule has 3 nitrogen and oxygen atoms in total. The summed E-state index contributed by atoms with van der Waals surface area (Å²) in [6.45, 7) is 4.74. The van der Waals surface area contributed by atoms with E-state index in [2.05, 4.69) is 15.9 Å². The standard InChI is InChI=1S/C12H15BrN2O/c1-7-3-4-10(14)12(8(7)2)15-6-9(13)5-11(15)16/h3-4,9H,5-6,14H2,1-2H3. The van der Waals surface area contributed by atoms with E-state index in [1.165, 1.54) is 0 Å². The van der Waals surface area contributed by atoms with Crippen LogP contribution in [0.1, 0.15) is 17.5 Å². The van der Waals surface area contributed by atoms with E-state index in [0.29, 0.717) is 18.7 Å². The highest BCUT2D eigenvalue weighted by atomic mass is 79.9. The van der Waals surface area contributed by atoms with Gasteiger partial charge in [-0.15, -0.1) is 0 Å². The first-order chi connectivity index (χ1) is 7.50. The minimum atomic E-state index is 0.141. The number of amides is 1. The maximum absolute atomic E-state index is 11.8. The van der Waals surface area contributed by atoms with E-state index in [0.717, 1.165) is 16.8 Å². The minimum Gasteiger partial charge on any atom is -0.397 e. The highest BCUT2D eigenvalue weighted by molar-refractivity contribution is 9.09. The van der Waals surface area contributed by atoms with Crippen LogP contribution in [-0.2, 0) is 4.79 Å². The Morgan fingerprint density at radius 3 is 2.69 bits per heavy atom. The molecule has 86 valence electrons. The molecular formula is C12H15BrN2O. The van der Waals surface area contributed by atoms with Crippen LogP contribution in [0.5, 0.6) is 0 Å². The molecule has 1 atom stereocenters. The Kier molecular flexibility index (Phi) is 2.93. The SMILES string of the molecule is Cc1ccc(N)c(N2CC(Br)CC2=O)c1C. The van der Waals surface area contributed by atoms with Gasteiger partial charge in [0.25, 0.3) is 0 Å². The number of nitrogens with zero attached hydrogens (tertiary/aromatic N) is 1. The van der Waals surface area contributed by atoms with Crippen LogP contribution >= 0.6 is 15.9 Å². The molecule has 0 spiro atoms. The van der Waals surface area contributed by atoms with Gasteiger partial charge in [-0.1, -0.05) is 22.0 Å². The quantitative estimate of drug-likeness (QED) is 0.635. The van der Waals surface area contributed by atoms with Gasteiger partial charge in [-0.05, 0) is 31.0 Å². The lowest BCUT2D eigenvalue weighted by Gasteiger charge is -2.21. The Morgan fingerprint density at radius 2 is 2.12 bits per heavy atom. The third-order valence-corrected chi connectivity index (χ3v) is 3.69. The zero-order valence-corrected chi connectivity index (χ0v) is 11.0. The van der Waals surface area contributed by atoms with Crippen LogP contribution in [0.3, 0.4) is 0 Å². The van der Waals surface area contributed by atoms with Gasteiger partial charge in [0.1, 0.15) is 0 Å². The summed E-state index contributed by atoms with van der Waals surface area (Å²) >= 11 is 3.48. The second-order valence-corrected chi connectivity index (χ2v) is 5.55. The molecule has 2 rings (SSSR count). The molecule has 1 unspecified atom stereocenters. The number of anilines is 2. The zero-order chi connectivity index (χ0) is 11.9. The highest BCUT2D eigenvalue weighted by Crippen LogP contribution is 2.34. The molecule has 1 fully saturated rings. The number of nitrogens with two attached hydrogens (primary N) is 1. The van der Waals surface area contributed by atoms with Crippen LogP contribution in [0.2, 0.25) is 0 Å². The number of carbonyl (C=O) groups excluding carboxylic acids is 1. The van der Waals surface area contributed by atoms with Gasteiger partial charge in [0.2, 0.25) is 5.91 Å². The summed E-state index contributed by atoms with van der Waals surface area (Å²) in [5.41, 5.74) is 9.78. The van der Waals surface area contributed by atoms with Crippen molar-refractivity contribution in [3.8, 4) is 0 Å². The van der Waals surface area contributed by atoms with Crippen molar-refractivity contribution in [3.05, 3.63) is 23.3 Å². The van der Waals surface area contributed by atoms with Gasteiger partial charge in [-0.25, -0.2) is 0 Å². The number of carbonyl (C=O) groups is 1. The number of rotatable bonds is 1. The topological polar surface area (TPSA) is 46.3 Å². The van der Waals surface area contributed by atoms with E-state index in [1.54, 1.807) is 4.90 Å². The fourth-order valence-corrected chi connectivity index (χ4v) is 2.63. The first-order valence-corrected chi connectivity index (χ1v) is 6.22. The lowest BCUT2D eigenvalue weighted by atomic mass is 10.1. The number of aryl methyl sites for hydroxylation is 1. The van der Waals surface area contributed by atoms with E-state index in [9.17, 15) is 4.79 Å². The summed E-state index contributed by atoms with van der Waals surface area (Å²) in [5.74, 6) is 0.141. The maximum atomic E-state index is 11.8. The molecule has 0 bridgehead atoms. The molecule has 1 aliphatic rings. The lowest BCUT2D eigenvalue weighted by Crippen LogP contribution is -2.26. The summed E-state index contributed by atoms with van der Waals surface area (Å²) in [4.78, 5) is 13.9. The molecule has 1 aromatic rings. The smallest absolute Gasteiger partial charge is 0.228 e. The average molecular weight is 283 g/mol. The van der Waals surface area contributed by atoms with Crippen LogP contribution in [0.15, 0.2) is 12.1 Å². The summed E-state index contributed by atoms with van der Waals surface area (Å²) < 4.78 is 0. The second kappa shape index (κ2) is 4.09. The number of nitrogen functional groups attached to an aromatic ring is 1. The third kappa shape index (κ3) is 1.82. The molecule has 1 amide bonds. The summed E-state index contributed by atoms with van der Waals surface area (Å²) in [6, 6.07) is 3.85. The average Bonchev–Trinajstić information content (AvgIpc) is 2.53. The van der Waals surface area contributed by atoms with E-state index < -0.39 is 0 Å². The Bertz CT molecular complexity index is 445. The number of benzene rings is 1. The number of alkyl halides is 1. The van der Waals surface area contributed by atoms with Gasteiger partial charge >= 0.3 is 0 Å². The van der Waals surface area contributed by atoms with Gasteiger partial charge in [0.05, 0.1) is 11.4 Å². The van der Waals surface area contributed by atoms with Crippen molar-refractivity contribution < 1.29 is 4.79 Å². The van der Waals surface area contributed by atoms with E-state index >= 15 is 0 Å². The van der Waals surface area contributed by atoms with Crippen LogP contribution in [-0.4, -0.2) is 17.3 Å². The van der Waals surface area contributed by atoms with Crippen molar-refractivity contribution >= 4 is 33.2 Å². The van der Waals surface area contributed by atoms with Crippen molar-refractivity contribution in [2.75, 3.05) is 17.2 Å².